The molecule has 0 saturated carbocycles. The topological polar surface area (TPSA) is 65.3 Å². The standard InChI is InChI=1S/C23H22F5N3O3S/c1-23(7-9-35-10-8-23)29-20(32)13-5-6-16-17(11-13)31(19(26)18(24)25)22(33)30(16)14-3-2-4-15(12-14)34-21(27)28/h2-6,11-12,18-19,21H,7-10H2,1H3,(H,29,32). The second kappa shape index (κ2) is 9.92. The third kappa shape index (κ3) is 5.16. The number of carbonyl (C=O) groups is 1. The summed E-state index contributed by atoms with van der Waals surface area (Å²) in [5, 5.41) is 2.95. The Balaban J connectivity index is 1.82. The Hall–Kier alpha value is -3.02. The van der Waals surface area contributed by atoms with Gasteiger partial charge < -0.3 is 10.1 Å². The second-order valence-electron chi connectivity index (χ2n) is 8.40. The number of ether oxygens (including phenoxy) is 1. The molecule has 2 heterocycles. The Morgan fingerprint density at radius 3 is 2.43 bits per heavy atom. The second-order valence-corrected chi connectivity index (χ2v) is 9.63. The number of amides is 1. The Kier molecular flexibility index (Phi) is 7.11. The van der Waals surface area contributed by atoms with Gasteiger partial charge in [0.1, 0.15) is 5.75 Å². The van der Waals surface area contributed by atoms with E-state index in [-0.39, 0.29) is 32.6 Å². The van der Waals surface area contributed by atoms with Crippen molar-refractivity contribution < 1.29 is 31.5 Å². The summed E-state index contributed by atoms with van der Waals surface area (Å²) in [5.41, 5.74) is -1.75. The van der Waals surface area contributed by atoms with Crippen LogP contribution in [0.1, 0.15) is 36.4 Å². The van der Waals surface area contributed by atoms with Crippen molar-refractivity contribution in [1.29, 1.82) is 0 Å². The molecular weight excluding hydrogens is 493 g/mol. The highest BCUT2D eigenvalue weighted by molar-refractivity contribution is 7.99. The molecule has 4 rings (SSSR count). The quantitative estimate of drug-likeness (QED) is 0.443. The van der Waals surface area contributed by atoms with Gasteiger partial charge in [-0.05, 0) is 61.6 Å². The van der Waals surface area contributed by atoms with Crippen molar-refractivity contribution in [3.8, 4) is 11.4 Å². The third-order valence-electron chi connectivity index (χ3n) is 5.90. The molecule has 1 saturated heterocycles. The number of nitrogens with one attached hydrogen (secondary N) is 1. The number of halogens is 5. The molecule has 0 spiro atoms. The van der Waals surface area contributed by atoms with Crippen LogP contribution in [0.3, 0.4) is 0 Å². The lowest BCUT2D eigenvalue weighted by molar-refractivity contribution is -0.0498. The molecule has 1 N–H and O–H groups in total. The fourth-order valence-electron chi connectivity index (χ4n) is 4.05. The number of alkyl halides is 5. The van der Waals surface area contributed by atoms with Crippen molar-refractivity contribution >= 4 is 28.7 Å². The van der Waals surface area contributed by atoms with Gasteiger partial charge in [0.15, 0.2) is 0 Å². The summed E-state index contributed by atoms with van der Waals surface area (Å²) in [6, 6.07) is 8.93. The highest BCUT2D eigenvalue weighted by Crippen LogP contribution is 2.29. The zero-order valence-corrected chi connectivity index (χ0v) is 19.3. The van der Waals surface area contributed by atoms with Crippen molar-refractivity contribution in [3.05, 3.63) is 58.5 Å². The smallest absolute Gasteiger partial charge is 0.387 e. The van der Waals surface area contributed by atoms with E-state index in [4.69, 9.17) is 0 Å². The lowest BCUT2D eigenvalue weighted by atomic mass is 9.94. The lowest BCUT2D eigenvalue weighted by Gasteiger charge is -2.34. The largest absolute Gasteiger partial charge is 0.435 e. The number of aromatic nitrogens is 2. The van der Waals surface area contributed by atoms with E-state index in [9.17, 15) is 31.5 Å². The molecule has 1 amide bonds. The van der Waals surface area contributed by atoms with E-state index >= 15 is 0 Å². The molecule has 2 aromatic carbocycles. The molecule has 35 heavy (non-hydrogen) atoms. The molecule has 1 aliphatic heterocycles. The van der Waals surface area contributed by atoms with Gasteiger partial charge >= 0.3 is 12.3 Å². The molecule has 0 bridgehead atoms. The highest BCUT2D eigenvalue weighted by atomic mass is 32.2. The fraction of sp³-hybridized carbons (Fsp3) is 0.391. The van der Waals surface area contributed by atoms with E-state index in [0.717, 1.165) is 35.0 Å². The Morgan fingerprint density at radius 2 is 1.77 bits per heavy atom. The average molecular weight is 516 g/mol. The molecule has 0 aliphatic carbocycles. The minimum Gasteiger partial charge on any atom is -0.435 e. The van der Waals surface area contributed by atoms with E-state index in [1.54, 1.807) is 11.8 Å². The molecule has 12 heteroatoms. The van der Waals surface area contributed by atoms with Crippen LogP contribution in [-0.4, -0.2) is 45.1 Å². The molecule has 3 aromatic rings. The van der Waals surface area contributed by atoms with Gasteiger partial charge in [-0.3, -0.25) is 13.9 Å². The van der Waals surface area contributed by atoms with Gasteiger partial charge in [0, 0.05) is 17.2 Å². The molecule has 1 aromatic heterocycles. The van der Waals surface area contributed by atoms with E-state index in [0.29, 0.717) is 0 Å². The molecule has 0 radical (unpaired) electrons. The highest BCUT2D eigenvalue weighted by Gasteiger charge is 2.31. The van der Waals surface area contributed by atoms with Crippen molar-refractivity contribution in [2.24, 2.45) is 0 Å². The number of carbonyl (C=O) groups excluding carboxylic acids is 1. The summed E-state index contributed by atoms with van der Waals surface area (Å²) in [5.74, 6) is 1.01. The molecular formula is C23H22F5N3O3S. The van der Waals surface area contributed by atoms with Crippen LogP contribution in [-0.2, 0) is 0 Å². The zero-order valence-electron chi connectivity index (χ0n) is 18.5. The minimum atomic E-state index is -3.52. The SMILES string of the molecule is CC1(NC(=O)c2ccc3c(c2)n(C(F)C(F)F)c(=O)n3-c2cccc(OC(F)F)c2)CCSCC1. The van der Waals surface area contributed by atoms with Crippen molar-refractivity contribution in [1.82, 2.24) is 14.5 Å². The fourth-order valence-corrected chi connectivity index (χ4v) is 5.45. The first-order valence-corrected chi connectivity index (χ1v) is 11.9. The normalized spacial score (nSPS) is 16.6. The molecule has 6 nitrogen and oxygen atoms in total. The maximum Gasteiger partial charge on any atom is 0.387 e. The molecule has 1 unspecified atom stereocenters. The maximum absolute atomic E-state index is 14.6. The van der Waals surface area contributed by atoms with Crippen LogP contribution < -0.4 is 15.7 Å². The number of benzene rings is 2. The van der Waals surface area contributed by atoms with Crippen LogP contribution in [0.4, 0.5) is 22.0 Å². The average Bonchev–Trinajstić information content (AvgIpc) is 3.09. The Labute approximate surface area is 201 Å². The first-order valence-electron chi connectivity index (χ1n) is 10.7. The van der Waals surface area contributed by atoms with Crippen molar-refractivity contribution in [3.63, 3.8) is 0 Å². The zero-order chi connectivity index (χ0) is 25.3. The van der Waals surface area contributed by atoms with E-state index in [1.807, 2.05) is 6.92 Å². The number of nitrogens with zero attached hydrogens (tertiary/aromatic N) is 2. The van der Waals surface area contributed by atoms with Crippen LogP contribution in [0.15, 0.2) is 47.3 Å². The summed E-state index contributed by atoms with van der Waals surface area (Å²) in [7, 11) is 0. The number of hydrogen-bond donors (Lipinski definition) is 1. The van der Waals surface area contributed by atoms with Gasteiger partial charge in [0.05, 0.1) is 16.7 Å². The number of rotatable bonds is 7. The maximum atomic E-state index is 14.6. The Bertz CT molecular complexity index is 1290. The van der Waals surface area contributed by atoms with Crippen LogP contribution >= 0.6 is 11.8 Å². The van der Waals surface area contributed by atoms with Gasteiger partial charge in [-0.15, -0.1) is 0 Å². The Morgan fingerprint density at radius 1 is 1.06 bits per heavy atom. The summed E-state index contributed by atoms with van der Waals surface area (Å²) in [6.07, 6.45) is -5.00. The first-order chi connectivity index (χ1) is 16.6. The molecule has 1 aliphatic rings. The van der Waals surface area contributed by atoms with Crippen molar-refractivity contribution in [2.75, 3.05) is 11.5 Å². The van der Waals surface area contributed by atoms with Crippen LogP contribution in [0.2, 0.25) is 0 Å². The predicted molar refractivity (Wildman–Crippen MR) is 123 cm³/mol. The summed E-state index contributed by atoms with van der Waals surface area (Å²) in [6.45, 7) is -1.21. The minimum absolute atomic E-state index is 0.00258. The van der Waals surface area contributed by atoms with E-state index in [1.165, 1.54) is 36.4 Å². The van der Waals surface area contributed by atoms with Gasteiger partial charge in [0.25, 0.3) is 12.3 Å². The molecule has 1 atom stereocenters. The van der Waals surface area contributed by atoms with Gasteiger partial charge in [0.2, 0.25) is 6.30 Å². The van der Waals surface area contributed by atoms with Crippen LogP contribution in [0.25, 0.3) is 16.7 Å². The summed E-state index contributed by atoms with van der Waals surface area (Å²) < 4.78 is 72.0. The number of imidazole rings is 1. The number of thioether (sulfide) groups is 1. The molecule has 188 valence electrons. The third-order valence-corrected chi connectivity index (χ3v) is 6.89. The van der Waals surface area contributed by atoms with Gasteiger partial charge in [-0.25, -0.2) is 18.0 Å². The number of fused-ring (bicyclic) bond motifs is 1. The summed E-state index contributed by atoms with van der Waals surface area (Å²) >= 11 is 1.78. The van der Waals surface area contributed by atoms with Crippen LogP contribution in [0, 0.1) is 0 Å². The van der Waals surface area contributed by atoms with E-state index < -0.39 is 36.5 Å². The molecule has 1 fully saturated rings. The lowest BCUT2D eigenvalue weighted by Crippen LogP contribution is -2.48. The predicted octanol–water partition coefficient (Wildman–Crippen LogP) is 5.14. The van der Waals surface area contributed by atoms with E-state index in [2.05, 4.69) is 10.1 Å². The summed E-state index contributed by atoms with van der Waals surface area (Å²) in [4.78, 5) is 26.0. The van der Waals surface area contributed by atoms with Crippen molar-refractivity contribution in [2.45, 2.75) is 44.6 Å². The first kappa shape index (κ1) is 25.1. The van der Waals surface area contributed by atoms with Gasteiger partial charge in [-0.2, -0.15) is 20.5 Å². The monoisotopic (exact) mass is 515 g/mol. The van der Waals surface area contributed by atoms with Gasteiger partial charge in [-0.1, -0.05) is 6.07 Å². The number of hydrogen-bond acceptors (Lipinski definition) is 4. The van der Waals surface area contributed by atoms with Crippen LogP contribution in [0.5, 0.6) is 5.75 Å².